The van der Waals surface area contributed by atoms with Crippen LogP contribution in [0, 0.1) is 0 Å². The molecule has 0 spiro atoms. The number of piperidine rings is 1. The van der Waals surface area contributed by atoms with Crippen molar-refractivity contribution in [3.63, 3.8) is 0 Å². The van der Waals surface area contributed by atoms with E-state index in [0.717, 1.165) is 24.0 Å². The molecule has 1 aliphatic rings. The zero-order valence-electron chi connectivity index (χ0n) is 14.8. The van der Waals surface area contributed by atoms with Crippen LogP contribution in [0.5, 0.6) is 0 Å². The summed E-state index contributed by atoms with van der Waals surface area (Å²) >= 11 is 6.38. The third kappa shape index (κ3) is 3.88. The van der Waals surface area contributed by atoms with Crippen LogP contribution in [0.3, 0.4) is 0 Å². The molecule has 1 atom stereocenters. The summed E-state index contributed by atoms with van der Waals surface area (Å²) in [5.41, 5.74) is 1.77. The van der Waals surface area contributed by atoms with Crippen molar-refractivity contribution in [2.75, 3.05) is 13.1 Å². The van der Waals surface area contributed by atoms with E-state index in [1.165, 1.54) is 0 Å². The third-order valence-corrected chi connectivity index (χ3v) is 5.38. The van der Waals surface area contributed by atoms with Crippen LogP contribution in [0.15, 0.2) is 65.2 Å². The average molecular weight is 382 g/mol. The van der Waals surface area contributed by atoms with Crippen LogP contribution in [-0.2, 0) is 4.79 Å². The van der Waals surface area contributed by atoms with Crippen molar-refractivity contribution in [1.82, 2.24) is 15.0 Å². The van der Waals surface area contributed by atoms with Gasteiger partial charge in [0.1, 0.15) is 5.38 Å². The molecule has 3 aromatic rings. The molecule has 0 bridgehead atoms. The number of halogens is 1. The Morgan fingerprint density at radius 3 is 2.33 bits per heavy atom. The Hall–Kier alpha value is -2.66. The zero-order valence-corrected chi connectivity index (χ0v) is 15.5. The number of benzene rings is 2. The van der Waals surface area contributed by atoms with Crippen molar-refractivity contribution in [3.8, 4) is 11.4 Å². The van der Waals surface area contributed by atoms with Gasteiger partial charge in [-0.15, -0.1) is 11.6 Å². The minimum atomic E-state index is -0.643. The van der Waals surface area contributed by atoms with E-state index in [9.17, 15) is 4.79 Å². The molecule has 0 radical (unpaired) electrons. The van der Waals surface area contributed by atoms with Gasteiger partial charge < -0.3 is 9.42 Å². The number of alkyl halides is 1. The molecular weight excluding hydrogens is 362 g/mol. The monoisotopic (exact) mass is 381 g/mol. The fraction of sp³-hybridized carbons (Fsp3) is 0.286. The molecule has 0 saturated carbocycles. The summed E-state index contributed by atoms with van der Waals surface area (Å²) in [5.74, 6) is 1.38. The van der Waals surface area contributed by atoms with Gasteiger partial charge in [-0.25, -0.2) is 0 Å². The molecule has 1 fully saturated rings. The van der Waals surface area contributed by atoms with Crippen LogP contribution in [0.2, 0.25) is 0 Å². The molecule has 0 N–H and O–H groups in total. The maximum absolute atomic E-state index is 12.7. The SMILES string of the molecule is O=C([C@@H](Cl)c1ccccc1)N1CCC(c2nc(-c3ccccc3)no2)CC1. The number of likely N-dealkylation sites (tertiary alicyclic amines) is 1. The van der Waals surface area contributed by atoms with Gasteiger partial charge in [-0.2, -0.15) is 4.98 Å². The van der Waals surface area contributed by atoms with Gasteiger partial charge in [-0.3, -0.25) is 4.79 Å². The van der Waals surface area contributed by atoms with E-state index in [0.29, 0.717) is 24.8 Å². The highest BCUT2D eigenvalue weighted by molar-refractivity contribution is 6.30. The summed E-state index contributed by atoms with van der Waals surface area (Å²) in [6.45, 7) is 1.28. The Morgan fingerprint density at radius 2 is 1.67 bits per heavy atom. The maximum Gasteiger partial charge on any atom is 0.245 e. The quantitative estimate of drug-likeness (QED) is 0.627. The summed E-state index contributed by atoms with van der Waals surface area (Å²) in [5, 5.41) is 3.45. The van der Waals surface area contributed by atoms with Crippen molar-refractivity contribution in [2.45, 2.75) is 24.1 Å². The standard InChI is InChI=1S/C21H20ClN3O2/c22-18(15-7-3-1-4-8-15)21(26)25-13-11-17(12-14-25)20-23-19(24-27-20)16-9-5-2-6-10-16/h1-10,17-18H,11-14H2/t18-/m0/s1. The van der Waals surface area contributed by atoms with Gasteiger partial charge in [0.15, 0.2) is 0 Å². The number of carbonyl (C=O) groups is 1. The maximum atomic E-state index is 12.7. The van der Waals surface area contributed by atoms with Gasteiger partial charge in [-0.05, 0) is 18.4 Å². The van der Waals surface area contributed by atoms with Crippen molar-refractivity contribution >= 4 is 17.5 Å². The predicted octanol–water partition coefficient (Wildman–Crippen LogP) is 4.42. The van der Waals surface area contributed by atoms with Gasteiger partial charge in [0.25, 0.3) is 0 Å². The minimum Gasteiger partial charge on any atom is -0.341 e. The van der Waals surface area contributed by atoms with Gasteiger partial charge in [-0.1, -0.05) is 65.8 Å². The first kappa shape index (κ1) is 17.7. The molecule has 2 aromatic carbocycles. The van der Waals surface area contributed by atoms with E-state index < -0.39 is 5.38 Å². The van der Waals surface area contributed by atoms with Crippen LogP contribution < -0.4 is 0 Å². The smallest absolute Gasteiger partial charge is 0.245 e. The lowest BCUT2D eigenvalue weighted by atomic mass is 9.96. The summed E-state index contributed by atoms with van der Waals surface area (Å²) < 4.78 is 5.48. The first-order chi connectivity index (χ1) is 13.2. The molecule has 6 heteroatoms. The van der Waals surface area contributed by atoms with Gasteiger partial charge >= 0.3 is 0 Å². The third-order valence-electron chi connectivity index (χ3n) is 4.94. The highest BCUT2D eigenvalue weighted by atomic mass is 35.5. The molecule has 1 aliphatic heterocycles. The minimum absolute atomic E-state index is 0.0446. The topological polar surface area (TPSA) is 59.2 Å². The number of carbonyl (C=O) groups excluding carboxylic acids is 1. The van der Waals surface area contributed by atoms with Crippen molar-refractivity contribution in [3.05, 3.63) is 72.1 Å². The van der Waals surface area contributed by atoms with E-state index in [1.54, 1.807) is 0 Å². The Morgan fingerprint density at radius 1 is 1.04 bits per heavy atom. The molecule has 27 heavy (non-hydrogen) atoms. The molecule has 2 heterocycles. The number of amides is 1. The van der Waals surface area contributed by atoms with Gasteiger partial charge in [0, 0.05) is 24.6 Å². The van der Waals surface area contributed by atoms with E-state index in [-0.39, 0.29) is 11.8 Å². The lowest BCUT2D eigenvalue weighted by molar-refractivity contribution is -0.132. The average Bonchev–Trinajstić information content (AvgIpc) is 3.24. The molecule has 0 unspecified atom stereocenters. The van der Waals surface area contributed by atoms with E-state index in [2.05, 4.69) is 10.1 Å². The summed E-state index contributed by atoms with van der Waals surface area (Å²) in [4.78, 5) is 19.1. The summed E-state index contributed by atoms with van der Waals surface area (Å²) in [6.07, 6.45) is 1.58. The van der Waals surface area contributed by atoms with Crippen LogP contribution in [0.4, 0.5) is 0 Å². The number of hydrogen-bond donors (Lipinski definition) is 0. The summed E-state index contributed by atoms with van der Waals surface area (Å²) in [6, 6.07) is 19.2. The van der Waals surface area contributed by atoms with Crippen LogP contribution in [-0.4, -0.2) is 34.0 Å². The normalized spacial score (nSPS) is 16.3. The number of aromatic nitrogens is 2. The second-order valence-electron chi connectivity index (χ2n) is 6.70. The highest BCUT2D eigenvalue weighted by Gasteiger charge is 2.30. The van der Waals surface area contributed by atoms with Crippen LogP contribution in [0.1, 0.15) is 35.6 Å². The lowest BCUT2D eigenvalue weighted by Crippen LogP contribution is -2.39. The number of rotatable bonds is 4. The fourth-order valence-electron chi connectivity index (χ4n) is 3.38. The van der Waals surface area contributed by atoms with Crippen LogP contribution >= 0.6 is 11.6 Å². The highest BCUT2D eigenvalue weighted by Crippen LogP contribution is 2.31. The van der Waals surface area contributed by atoms with Crippen LogP contribution in [0.25, 0.3) is 11.4 Å². The molecule has 1 amide bonds. The predicted molar refractivity (Wildman–Crippen MR) is 103 cm³/mol. The molecule has 1 aromatic heterocycles. The Bertz CT molecular complexity index is 890. The van der Waals surface area contributed by atoms with E-state index in [1.807, 2.05) is 65.6 Å². The van der Waals surface area contributed by atoms with E-state index >= 15 is 0 Å². The molecular formula is C21H20ClN3O2. The second kappa shape index (κ2) is 7.92. The first-order valence-corrected chi connectivity index (χ1v) is 9.53. The Labute approximate surface area is 163 Å². The fourth-order valence-corrected chi connectivity index (χ4v) is 3.66. The van der Waals surface area contributed by atoms with Crippen molar-refractivity contribution in [1.29, 1.82) is 0 Å². The number of nitrogens with zero attached hydrogens (tertiary/aromatic N) is 3. The molecule has 4 rings (SSSR count). The van der Waals surface area contributed by atoms with Crippen molar-refractivity contribution in [2.24, 2.45) is 0 Å². The summed E-state index contributed by atoms with van der Waals surface area (Å²) in [7, 11) is 0. The van der Waals surface area contributed by atoms with E-state index in [4.69, 9.17) is 16.1 Å². The molecule has 0 aliphatic carbocycles. The molecule has 5 nitrogen and oxygen atoms in total. The largest absolute Gasteiger partial charge is 0.341 e. The molecule has 1 saturated heterocycles. The van der Waals surface area contributed by atoms with Gasteiger partial charge in [0.05, 0.1) is 0 Å². The Balaban J connectivity index is 1.38. The lowest BCUT2D eigenvalue weighted by Gasteiger charge is -2.31. The second-order valence-corrected chi connectivity index (χ2v) is 7.13. The Kier molecular flexibility index (Phi) is 5.21. The number of hydrogen-bond acceptors (Lipinski definition) is 4. The first-order valence-electron chi connectivity index (χ1n) is 9.09. The molecule has 138 valence electrons. The zero-order chi connectivity index (χ0) is 18.6. The van der Waals surface area contributed by atoms with Gasteiger partial charge in [0.2, 0.25) is 17.6 Å². The van der Waals surface area contributed by atoms with Crippen molar-refractivity contribution < 1.29 is 9.32 Å².